The van der Waals surface area contributed by atoms with Crippen LogP contribution in [-0.4, -0.2) is 44.0 Å². The van der Waals surface area contributed by atoms with Crippen LogP contribution in [0, 0.1) is 5.41 Å². The molecule has 2 aliphatic rings. The van der Waals surface area contributed by atoms with Crippen molar-refractivity contribution in [1.82, 2.24) is 4.90 Å². The first-order valence-corrected chi connectivity index (χ1v) is 8.47. The molecule has 0 spiro atoms. The zero-order chi connectivity index (χ0) is 18.2. The van der Waals surface area contributed by atoms with Gasteiger partial charge in [-0.2, -0.15) is 0 Å². The lowest BCUT2D eigenvalue weighted by molar-refractivity contribution is -0.137. The van der Waals surface area contributed by atoms with Gasteiger partial charge in [-0.1, -0.05) is 0 Å². The highest BCUT2D eigenvalue weighted by Gasteiger charge is 2.47. The molecule has 25 heavy (non-hydrogen) atoms. The second-order valence-electron chi connectivity index (χ2n) is 6.95. The molecule has 1 aromatic carbocycles. The molecule has 7 heteroatoms. The zero-order valence-electron chi connectivity index (χ0n) is 14.7. The molecule has 1 fully saturated rings. The summed E-state index contributed by atoms with van der Waals surface area (Å²) in [6.45, 7) is 1.62. The molecule has 0 radical (unpaired) electrons. The number of primary amides is 2. The molecule has 2 atom stereocenters. The molecule has 7 nitrogen and oxygen atoms in total. The largest absolute Gasteiger partial charge is 0.493 e. The number of hydrogen-bond acceptors (Lipinski definition) is 5. The van der Waals surface area contributed by atoms with Gasteiger partial charge >= 0.3 is 0 Å². The Morgan fingerprint density at radius 1 is 1.20 bits per heavy atom. The summed E-state index contributed by atoms with van der Waals surface area (Å²) in [5.74, 6) is 0.422. The normalized spacial score (nSPS) is 25.6. The third kappa shape index (κ3) is 3.04. The molecule has 2 heterocycles. The van der Waals surface area contributed by atoms with E-state index in [9.17, 15) is 9.59 Å². The van der Waals surface area contributed by atoms with E-state index in [1.807, 2.05) is 12.1 Å². The topological polar surface area (TPSA) is 108 Å². The van der Waals surface area contributed by atoms with E-state index in [0.717, 1.165) is 18.5 Å². The Balaban J connectivity index is 2.01. The quantitative estimate of drug-likeness (QED) is 0.817. The average Bonchev–Trinajstić information content (AvgIpc) is 2.59. The highest BCUT2D eigenvalue weighted by Crippen LogP contribution is 2.48. The monoisotopic (exact) mass is 347 g/mol. The van der Waals surface area contributed by atoms with E-state index in [1.54, 1.807) is 14.2 Å². The molecule has 1 saturated heterocycles. The Bertz CT molecular complexity index is 706. The van der Waals surface area contributed by atoms with Crippen molar-refractivity contribution >= 4 is 11.8 Å². The number of nitrogens with zero attached hydrogens (tertiary/aromatic N) is 1. The van der Waals surface area contributed by atoms with E-state index in [-0.39, 0.29) is 12.5 Å². The number of carbonyl (C=O) groups is 2. The van der Waals surface area contributed by atoms with Crippen LogP contribution in [0.3, 0.4) is 0 Å². The molecule has 1 aromatic rings. The summed E-state index contributed by atoms with van der Waals surface area (Å²) < 4.78 is 10.8. The molecule has 0 saturated carbocycles. The fourth-order valence-corrected chi connectivity index (χ4v) is 4.22. The van der Waals surface area contributed by atoms with E-state index in [4.69, 9.17) is 20.9 Å². The number of nitrogens with two attached hydrogens (primary N) is 2. The lowest BCUT2D eigenvalue weighted by Gasteiger charge is -2.47. The maximum Gasteiger partial charge on any atom is 0.224 e. The Morgan fingerprint density at radius 3 is 2.48 bits per heavy atom. The van der Waals surface area contributed by atoms with Gasteiger partial charge in [0.1, 0.15) is 0 Å². The minimum atomic E-state index is -0.880. The Morgan fingerprint density at radius 2 is 1.88 bits per heavy atom. The highest BCUT2D eigenvalue weighted by atomic mass is 16.5. The number of methoxy groups -OCH3 is 2. The number of hydrogen-bond donors (Lipinski definition) is 2. The van der Waals surface area contributed by atoms with Crippen LogP contribution in [0.4, 0.5) is 0 Å². The van der Waals surface area contributed by atoms with E-state index >= 15 is 0 Å². The third-order valence-electron chi connectivity index (χ3n) is 5.61. The van der Waals surface area contributed by atoms with Gasteiger partial charge in [0.25, 0.3) is 0 Å². The summed E-state index contributed by atoms with van der Waals surface area (Å²) in [7, 11) is 3.22. The van der Waals surface area contributed by atoms with Crippen molar-refractivity contribution in [2.24, 2.45) is 16.9 Å². The van der Waals surface area contributed by atoms with E-state index in [2.05, 4.69) is 4.90 Å². The Hall–Kier alpha value is -2.28. The van der Waals surface area contributed by atoms with Crippen molar-refractivity contribution < 1.29 is 19.1 Å². The van der Waals surface area contributed by atoms with Gasteiger partial charge in [0.05, 0.1) is 19.6 Å². The molecule has 0 bridgehead atoms. The van der Waals surface area contributed by atoms with Crippen LogP contribution in [0.2, 0.25) is 0 Å². The first kappa shape index (κ1) is 17.5. The molecule has 2 aliphatic heterocycles. The Labute approximate surface area is 147 Å². The highest BCUT2D eigenvalue weighted by molar-refractivity contribution is 5.87. The summed E-state index contributed by atoms with van der Waals surface area (Å²) in [6, 6.07) is 4.00. The second-order valence-corrected chi connectivity index (χ2v) is 6.95. The van der Waals surface area contributed by atoms with Crippen LogP contribution in [0.5, 0.6) is 11.5 Å². The first-order chi connectivity index (χ1) is 11.9. The van der Waals surface area contributed by atoms with E-state index < -0.39 is 17.2 Å². The molecule has 4 N–H and O–H groups in total. The number of fused-ring (bicyclic) bond motifs is 3. The van der Waals surface area contributed by atoms with Crippen molar-refractivity contribution in [3.8, 4) is 11.5 Å². The first-order valence-electron chi connectivity index (χ1n) is 8.47. The van der Waals surface area contributed by atoms with Crippen molar-refractivity contribution in [1.29, 1.82) is 0 Å². The summed E-state index contributed by atoms with van der Waals surface area (Å²) >= 11 is 0. The lowest BCUT2D eigenvalue weighted by Crippen LogP contribution is -2.51. The standard InChI is InChI=1S/C18H25N3O4/c1-24-14-7-11-3-5-21-6-4-18(17(20)23,10-16(19)22)9-13(21)12(11)8-15(14)25-2/h7-8,13H,3-6,9-10H2,1-2H3,(H2,19,22)(H2,20,23). The summed E-state index contributed by atoms with van der Waals surface area (Å²) in [6.07, 6.45) is 1.96. The smallest absolute Gasteiger partial charge is 0.224 e. The maximum absolute atomic E-state index is 12.2. The number of benzene rings is 1. The van der Waals surface area contributed by atoms with E-state index in [1.165, 1.54) is 5.56 Å². The molecule has 2 unspecified atom stereocenters. The molecular formula is C18H25N3O4. The van der Waals surface area contributed by atoms with Gasteiger partial charge in [0, 0.05) is 19.0 Å². The van der Waals surface area contributed by atoms with Crippen LogP contribution < -0.4 is 20.9 Å². The fourth-order valence-electron chi connectivity index (χ4n) is 4.22. The van der Waals surface area contributed by atoms with Crippen LogP contribution in [0.15, 0.2) is 12.1 Å². The van der Waals surface area contributed by atoms with Crippen LogP contribution in [0.1, 0.15) is 36.4 Å². The van der Waals surface area contributed by atoms with E-state index in [0.29, 0.717) is 30.9 Å². The maximum atomic E-state index is 12.2. The van der Waals surface area contributed by atoms with Gasteiger partial charge in [0.2, 0.25) is 11.8 Å². The SMILES string of the molecule is COc1cc2c(cc1OC)C1CC(CC(N)=O)(C(N)=O)CCN1CC2. The number of piperidine rings is 1. The molecule has 2 amide bonds. The predicted molar refractivity (Wildman–Crippen MR) is 92.2 cm³/mol. The van der Waals surface area contributed by atoms with Gasteiger partial charge in [-0.05, 0) is 49.1 Å². The van der Waals surface area contributed by atoms with Crippen molar-refractivity contribution in [3.05, 3.63) is 23.3 Å². The summed E-state index contributed by atoms with van der Waals surface area (Å²) in [5.41, 5.74) is 12.5. The second kappa shape index (κ2) is 6.55. The number of carbonyl (C=O) groups excluding carboxylic acids is 2. The minimum absolute atomic E-state index is 0.00467. The van der Waals surface area contributed by atoms with Crippen molar-refractivity contribution in [3.63, 3.8) is 0 Å². The molecule has 0 aromatic heterocycles. The molecule has 136 valence electrons. The van der Waals surface area contributed by atoms with Crippen molar-refractivity contribution in [2.75, 3.05) is 27.3 Å². The number of ether oxygens (including phenoxy) is 2. The van der Waals surface area contributed by atoms with Crippen molar-refractivity contribution in [2.45, 2.75) is 31.7 Å². The molecular weight excluding hydrogens is 322 g/mol. The molecule has 0 aliphatic carbocycles. The summed E-state index contributed by atoms with van der Waals surface area (Å²) in [4.78, 5) is 26.0. The lowest BCUT2D eigenvalue weighted by atomic mass is 9.69. The van der Waals surface area contributed by atoms with Crippen LogP contribution in [-0.2, 0) is 16.0 Å². The van der Waals surface area contributed by atoms with Gasteiger partial charge in [-0.25, -0.2) is 0 Å². The van der Waals surface area contributed by atoms with Gasteiger partial charge in [-0.15, -0.1) is 0 Å². The van der Waals surface area contributed by atoms with Gasteiger partial charge < -0.3 is 20.9 Å². The average molecular weight is 347 g/mol. The number of rotatable bonds is 5. The van der Waals surface area contributed by atoms with Gasteiger partial charge in [0.15, 0.2) is 11.5 Å². The predicted octanol–water partition coefficient (Wildman–Crippen LogP) is 0.744. The molecule has 3 rings (SSSR count). The zero-order valence-corrected chi connectivity index (χ0v) is 14.7. The van der Waals surface area contributed by atoms with Crippen LogP contribution in [0.25, 0.3) is 0 Å². The van der Waals surface area contributed by atoms with Gasteiger partial charge in [-0.3, -0.25) is 14.5 Å². The fraction of sp³-hybridized carbons (Fsp3) is 0.556. The Kier molecular flexibility index (Phi) is 4.60. The third-order valence-corrected chi connectivity index (χ3v) is 5.61. The minimum Gasteiger partial charge on any atom is -0.493 e. The number of amides is 2. The van der Waals surface area contributed by atoms with Crippen LogP contribution >= 0.6 is 0 Å². The summed E-state index contributed by atoms with van der Waals surface area (Å²) in [5, 5.41) is 0.